The summed E-state index contributed by atoms with van der Waals surface area (Å²) >= 11 is 0. The van der Waals surface area contributed by atoms with E-state index in [1.165, 1.54) is 23.8 Å². The van der Waals surface area contributed by atoms with Crippen molar-refractivity contribution in [2.75, 3.05) is 16.8 Å². The third-order valence-corrected chi connectivity index (χ3v) is 4.09. The maximum atomic E-state index is 13.2. The highest BCUT2D eigenvalue weighted by Crippen LogP contribution is 2.32. The van der Waals surface area contributed by atoms with E-state index in [1.54, 1.807) is 18.3 Å². The number of carbonyl (C=O) groups is 1. The molecule has 0 spiro atoms. The zero-order valence-corrected chi connectivity index (χ0v) is 13.3. The minimum atomic E-state index is -0.408. The second-order valence-corrected chi connectivity index (χ2v) is 5.74. The summed E-state index contributed by atoms with van der Waals surface area (Å²) in [6.07, 6.45) is 2.48. The summed E-state index contributed by atoms with van der Waals surface area (Å²) in [6, 6.07) is 15.4. The second-order valence-electron chi connectivity index (χ2n) is 5.74. The Morgan fingerprint density at radius 2 is 2.00 bits per heavy atom. The van der Waals surface area contributed by atoms with E-state index in [1.807, 2.05) is 23.1 Å². The monoisotopic (exact) mass is 334 g/mol. The van der Waals surface area contributed by atoms with Crippen molar-refractivity contribution < 1.29 is 9.18 Å². The number of anilines is 3. The predicted octanol–water partition coefficient (Wildman–Crippen LogP) is 3.56. The number of hydrogen-bond donors (Lipinski definition) is 1. The lowest BCUT2D eigenvalue weighted by atomic mass is 10.2. The van der Waals surface area contributed by atoms with Crippen molar-refractivity contribution in [3.63, 3.8) is 0 Å². The highest BCUT2D eigenvalue weighted by Gasteiger charge is 2.22. The number of aromatic nitrogens is 2. The lowest BCUT2D eigenvalue weighted by molar-refractivity contribution is 0.102. The van der Waals surface area contributed by atoms with Crippen LogP contribution in [0.1, 0.15) is 16.1 Å². The van der Waals surface area contributed by atoms with Gasteiger partial charge in [0.15, 0.2) is 0 Å². The molecule has 0 bridgehead atoms. The Kier molecular flexibility index (Phi) is 3.85. The number of para-hydroxylation sites is 1. The first-order valence-electron chi connectivity index (χ1n) is 7.96. The van der Waals surface area contributed by atoms with Gasteiger partial charge in [0.2, 0.25) is 5.95 Å². The average molecular weight is 334 g/mol. The van der Waals surface area contributed by atoms with Crippen LogP contribution in [0, 0.1) is 5.82 Å². The zero-order valence-electron chi connectivity index (χ0n) is 13.3. The highest BCUT2D eigenvalue weighted by molar-refractivity contribution is 6.03. The molecule has 1 aliphatic rings. The van der Waals surface area contributed by atoms with Gasteiger partial charge in [-0.2, -0.15) is 0 Å². The van der Waals surface area contributed by atoms with Crippen molar-refractivity contribution in [2.45, 2.75) is 6.42 Å². The van der Waals surface area contributed by atoms with Crippen LogP contribution in [-0.2, 0) is 6.42 Å². The van der Waals surface area contributed by atoms with E-state index in [2.05, 4.69) is 21.4 Å². The van der Waals surface area contributed by atoms with Gasteiger partial charge in [-0.3, -0.25) is 4.79 Å². The molecule has 0 unspecified atom stereocenters. The van der Waals surface area contributed by atoms with Crippen LogP contribution in [0.3, 0.4) is 0 Å². The minimum absolute atomic E-state index is 0.235. The summed E-state index contributed by atoms with van der Waals surface area (Å²) < 4.78 is 13.2. The number of nitrogens with one attached hydrogen (secondary N) is 1. The number of halogens is 1. The Hall–Kier alpha value is -3.28. The quantitative estimate of drug-likeness (QED) is 0.796. The van der Waals surface area contributed by atoms with E-state index in [4.69, 9.17) is 0 Å². The number of benzene rings is 2. The smallest absolute Gasteiger partial charge is 0.274 e. The number of nitrogens with zero attached hydrogens (tertiary/aromatic N) is 3. The number of fused-ring (bicyclic) bond motifs is 1. The average Bonchev–Trinajstić information content (AvgIpc) is 3.06. The maximum absolute atomic E-state index is 13.2. The van der Waals surface area contributed by atoms with Crippen LogP contribution in [0.15, 0.2) is 60.8 Å². The van der Waals surface area contributed by atoms with Gasteiger partial charge in [0.25, 0.3) is 5.91 Å². The standard InChI is InChI=1S/C19H15FN4O/c20-14-5-3-6-15(12-14)22-18(25)16-8-10-21-19(23-16)24-11-9-13-4-1-2-7-17(13)24/h1-8,10,12H,9,11H2,(H,22,25). The van der Waals surface area contributed by atoms with Crippen LogP contribution in [0.2, 0.25) is 0 Å². The number of rotatable bonds is 3. The molecule has 0 saturated carbocycles. The van der Waals surface area contributed by atoms with Gasteiger partial charge in [-0.15, -0.1) is 0 Å². The van der Waals surface area contributed by atoms with Gasteiger partial charge in [0.1, 0.15) is 11.5 Å². The van der Waals surface area contributed by atoms with E-state index in [-0.39, 0.29) is 5.69 Å². The first kappa shape index (κ1) is 15.3. The molecule has 2 aromatic carbocycles. The molecule has 0 radical (unpaired) electrons. The van der Waals surface area contributed by atoms with Crippen molar-refractivity contribution in [3.05, 3.63) is 77.9 Å². The topological polar surface area (TPSA) is 58.1 Å². The van der Waals surface area contributed by atoms with Gasteiger partial charge >= 0.3 is 0 Å². The molecular formula is C19H15FN4O. The lowest BCUT2D eigenvalue weighted by Gasteiger charge is -2.17. The van der Waals surface area contributed by atoms with E-state index in [0.717, 1.165) is 18.7 Å². The van der Waals surface area contributed by atoms with Crippen molar-refractivity contribution >= 4 is 23.2 Å². The molecule has 1 amide bonds. The molecule has 4 rings (SSSR count). The summed E-state index contributed by atoms with van der Waals surface area (Å²) in [6.45, 7) is 0.772. The Bertz CT molecular complexity index is 944. The molecule has 1 aromatic heterocycles. The molecule has 0 atom stereocenters. The van der Waals surface area contributed by atoms with Crippen LogP contribution in [0.5, 0.6) is 0 Å². The normalized spacial score (nSPS) is 12.8. The van der Waals surface area contributed by atoms with E-state index in [0.29, 0.717) is 11.6 Å². The van der Waals surface area contributed by atoms with Gasteiger partial charge in [-0.25, -0.2) is 14.4 Å². The van der Waals surface area contributed by atoms with Crippen LogP contribution >= 0.6 is 0 Å². The van der Waals surface area contributed by atoms with Crippen LogP contribution in [0.25, 0.3) is 0 Å². The number of carbonyl (C=O) groups excluding carboxylic acids is 1. The van der Waals surface area contributed by atoms with Crippen LogP contribution in [0.4, 0.5) is 21.7 Å². The third kappa shape index (κ3) is 3.06. The van der Waals surface area contributed by atoms with Gasteiger partial charge < -0.3 is 10.2 Å². The number of amides is 1. The van der Waals surface area contributed by atoms with Gasteiger partial charge in [-0.05, 0) is 42.3 Å². The molecule has 5 nitrogen and oxygen atoms in total. The SMILES string of the molecule is O=C(Nc1cccc(F)c1)c1ccnc(N2CCc3ccccc32)n1. The van der Waals surface area contributed by atoms with E-state index >= 15 is 0 Å². The summed E-state index contributed by atoms with van der Waals surface area (Å²) in [4.78, 5) is 23.1. The zero-order chi connectivity index (χ0) is 17.2. The molecule has 3 aromatic rings. The first-order valence-corrected chi connectivity index (χ1v) is 7.96. The molecule has 6 heteroatoms. The third-order valence-electron chi connectivity index (χ3n) is 4.09. The predicted molar refractivity (Wildman–Crippen MR) is 93.5 cm³/mol. The molecule has 1 N–H and O–H groups in total. The van der Waals surface area contributed by atoms with Crippen molar-refractivity contribution in [1.82, 2.24) is 9.97 Å². The Morgan fingerprint density at radius 1 is 1.12 bits per heavy atom. The molecule has 0 saturated heterocycles. The van der Waals surface area contributed by atoms with Crippen molar-refractivity contribution in [3.8, 4) is 0 Å². The fourth-order valence-electron chi connectivity index (χ4n) is 2.91. The molecule has 1 aliphatic heterocycles. The van der Waals surface area contributed by atoms with Crippen molar-refractivity contribution in [1.29, 1.82) is 0 Å². The van der Waals surface area contributed by atoms with Crippen LogP contribution in [-0.4, -0.2) is 22.4 Å². The summed E-state index contributed by atoms with van der Waals surface area (Å²) in [5.74, 6) is -0.326. The first-order chi connectivity index (χ1) is 12.2. The van der Waals surface area contributed by atoms with E-state index in [9.17, 15) is 9.18 Å². The largest absolute Gasteiger partial charge is 0.321 e. The number of hydrogen-bond acceptors (Lipinski definition) is 4. The minimum Gasteiger partial charge on any atom is -0.321 e. The fourth-order valence-corrected chi connectivity index (χ4v) is 2.91. The van der Waals surface area contributed by atoms with Gasteiger partial charge in [0.05, 0.1) is 0 Å². The van der Waals surface area contributed by atoms with Gasteiger partial charge in [-0.1, -0.05) is 24.3 Å². The lowest BCUT2D eigenvalue weighted by Crippen LogP contribution is -2.20. The molecular weight excluding hydrogens is 319 g/mol. The Balaban J connectivity index is 1.59. The Morgan fingerprint density at radius 3 is 2.88 bits per heavy atom. The van der Waals surface area contributed by atoms with E-state index < -0.39 is 11.7 Å². The summed E-state index contributed by atoms with van der Waals surface area (Å²) in [5.41, 5.74) is 2.92. The summed E-state index contributed by atoms with van der Waals surface area (Å²) in [5, 5.41) is 2.65. The maximum Gasteiger partial charge on any atom is 0.274 e. The second kappa shape index (κ2) is 6.32. The van der Waals surface area contributed by atoms with Gasteiger partial charge in [0, 0.05) is 24.1 Å². The molecule has 25 heavy (non-hydrogen) atoms. The Labute approximate surface area is 144 Å². The summed E-state index contributed by atoms with van der Waals surface area (Å²) in [7, 11) is 0. The van der Waals surface area contributed by atoms with Crippen molar-refractivity contribution in [2.24, 2.45) is 0 Å². The molecule has 2 heterocycles. The highest BCUT2D eigenvalue weighted by atomic mass is 19.1. The molecule has 0 fully saturated rings. The molecule has 124 valence electrons. The molecule has 0 aliphatic carbocycles. The van der Waals surface area contributed by atoms with Crippen LogP contribution < -0.4 is 10.2 Å². The fraction of sp³-hybridized carbons (Fsp3) is 0.105.